The highest BCUT2D eigenvalue weighted by Crippen LogP contribution is 2.48. The van der Waals surface area contributed by atoms with Crippen LogP contribution in [0.15, 0.2) is 6.20 Å². The second-order valence-electron chi connectivity index (χ2n) is 5.36. The van der Waals surface area contributed by atoms with Crippen molar-refractivity contribution in [2.75, 3.05) is 23.7 Å². The summed E-state index contributed by atoms with van der Waals surface area (Å²) in [4.78, 5) is 8.84. The van der Waals surface area contributed by atoms with Gasteiger partial charge in [-0.1, -0.05) is 13.8 Å². The minimum Gasteiger partial charge on any atom is -0.369 e. The zero-order valence-electron chi connectivity index (χ0n) is 11.7. The summed E-state index contributed by atoms with van der Waals surface area (Å²) in [6.45, 7) is 8.42. The quantitative estimate of drug-likeness (QED) is 0.778. The lowest BCUT2D eigenvalue weighted by molar-refractivity contribution is 0.520. The molecule has 1 aliphatic rings. The molecule has 1 fully saturated rings. The van der Waals surface area contributed by atoms with E-state index in [2.05, 4.69) is 41.4 Å². The Morgan fingerprint density at radius 1 is 1.28 bits per heavy atom. The Kier molecular flexibility index (Phi) is 4.04. The number of aromatic nitrogens is 2. The summed E-state index contributed by atoms with van der Waals surface area (Å²) < 4.78 is 0. The molecule has 1 aromatic heterocycles. The molecule has 1 heterocycles. The van der Waals surface area contributed by atoms with Crippen LogP contribution in [0.25, 0.3) is 0 Å². The van der Waals surface area contributed by atoms with Gasteiger partial charge in [0.15, 0.2) is 0 Å². The maximum absolute atomic E-state index is 4.54. The van der Waals surface area contributed by atoms with Gasteiger partial charge in [0, 0.05) is 24.8 Å². The van der Waals surface area contributed by atoms with Gasteiger partial charge in [0.05, 0.1) is 0 Å². The average molecular weight is 248 g/mol. The molecule has 1 saturated carbocycles. The highest BCUT2D eigenvalue weighted by atomic mass is 15.1. The number of anilines is 2. The third kappa shape index (κ3) is 3.12. The average Bonchev–Trinajstić information content (AvgIpc) is 3.17. The number of nitrogens with one attached hydrogen (secondary N) is 2. The highest BCUT2D eigenvalue weighted by Gasteiger charge is 2.40. The van der Waals surface area contributed by atoms with Crippen LogP contribution in [-0.4, -0.2) is 23.1 Å². The first-order valence-corrected chi connectivity index (χ1v) is 7.00. The third-order valence-corrected chi connectivity index (χ3v) is 3.84. The van der Waals surface area contributed by atoms with Crippen LogP contribution in [0.3, 0.4) is 0 Å². The molecule has 0 unspecified atom stereocenters. The Balaban J connectivity index is 1.97. The van der Waals surface area contributed by atoms with Crippen LogP contribution < -0.4 is 10.6 Å². The van der Waals surface area contributed by atoms with E-state index in [1.54, 1.807) is 0 Å². The Hall–Kier alpha value is -1.32. The second kappa shape index (κ2) is 5.55. The van der Waals surface area contributed by atoms with E-state index in [9.17, 15) is 0 Å². The van der Waals surface area contributed by atoms with Gasteiger partial charge in [-0.2, -0.15) is 4.98 Å². The van der Waals surface area contributed by atoms with Crippen LogP contribution >= 0.6 is 0 Å². The van der Waals surface area contributed by atoms with E-state index < -0.39 is 0 Å². The van der Waals surface area contributed by atoms with Gasteiger partial charge in [-0.05, 0) is 38.0 Å². The Bertz CT molecular complexity index is 399. The van der Waals surface area contributed by atoms with E-state index in [0.717, 1.165) is 36.8 Å². The van der Waals surface area contributed by atoms with Gasteiger partial charge in [0.1, 0.15) is 5.82 Å². The van der Waals surface area contributed by atoms with Crippen molar-refractivity contribution in [3.05, 3.63) is 11.8 Å². The Morgan fingerprint density at radius 2 is 2.06 bits per heavy atom. The smallest absolute Gasteiger partial charge is 0.224 e. The first kappa shape index (κ1) is 13.1. The molecule has 0 aromatic carbocycles. The van der Waals surface area contributed by atoms with Crippen molar-refractivity contribution in [3.8, 4) is 0 Å². The van der Waals surface area contributed by atoms with Crippen LogP contribution in [0, 0.1) is 12.3 Å². The molecule has 1 aliphatic carbocycles. The van der Waals surface area contributed by atoms with Gasteiger partial charge in [-0.15, -0.1) is 0 Å². The molecule has 0 radical (unpaired) electrons. The Labute approximate surface area is 110 Å². The fourth-order valence-electron chi connectivity index (χ4n) is 2.05. The minimum absolute atomic E-state index is 0.536. The zero-order valence-corrected chi connectivity index (χ0v) is 11.7. The SMILES string of the molecule is CCCNc1ncc(C)c(NCC2(CC)CC2)n1. The molecule has 2 N–H and O–H groups in total. The second-order valence-corrected chi connectivity index (χ2v) is 5.36. The van der Waals surface area contributed by atoms with E-state index in [1.807, 2.05) is 6.20 Å². The summed E-state index contributed by atoms with van der Waals surface area (Å²) in [5.41, 5.74) is 1.65. The van der Waals surface area contributed by atoms with Crippen molar-refractivity contribution in [1.82, 2.24) is 9.97 Å². The first-order chi connectivity index (χ1) is 8.69. The standard InChI is InChI=1S/C14H24N4/c1-4-8-15-13-16-9-11(3)12(18-13)17-10-14(5-2)6-7-14/h9H,4-8,10H2,1-3H3,(H2,15,16,17,18). The predicted octanol–water partition coefficient (Wildman–Crippen LogP) is 3.21. The number of nitrogens with zero attached hydrogens (tertiary/aromatic N) is 2. The predicted molar refractivity (Wildman–Crippen MR) is 76.0 cm³/mol. The van der Waals surface area contributed by atoms with Gasteiger partial charge in [-0.25, -0.2) is 4.98 Å². The molecule has 0 bridgehead atoms. The summed E-state index contributed by atoms with van der Waals surface area (Å²) in [6, 6.07) is 0. The molecule has 18 heavy (non-hydrogen) atoms. The van der Waals surface area contributed by atoms with Crippen LogP contribution in [0.2, 0.25) is 0 Å². The molecule has 0 atom stereocenters. The van der Waals surface area contributed by atoms with E-state index in [4.69, 9.17) is 0 Å². The van der Waals surface area contributed by atoms with Crippen LogP contribution in [0.1, 0.15) is 45.1 Å². The van der Waals surface area contributed by atoms with E-state index in [0.29, 0.717) is 5.41 Å². The monoisotopic (exact) mass is 248 g/mol. The fourth-order valence-corrected chi connectivity index (χ4v) is 2.05. The number of aryl methyl sites for hydroxylation is 1. The van der Waals surface area contributed by atoms with Crippen molar-refractivity contribution in [2.24, 2.45) is 5.41 Å². The van der Waals surface area contributed by atoms with Crippen molar-refractivity contribution in [3.63, 3.8) is 0 Å². The van der Waals surface area contributed by atoms with Gasteiger partial charge in [0.2, 0.25) is 5.95 Å². The number of hydrogen-bond acceptors (Lipinski definition) is 4. The van der Waals surface area contributed by atoms with Crippen LogP contribution in [-0.2, 0) is 0 Å². The summed E-state index contributed by atoms with van der Waals surface area (Å²) >= 11 is 0. The summed E-state index contributed by atoms with van der Waals surface area (Å²) in [5.74, 6) is 1.70. The van der Waals surface area contributed by atoms with E-state index in [1.165, 1.54) is 19.3 Å². The largest absolute Gasteiger partial charge is 0.369 e. The highest BCUT2D eigenvalue weighted by molar-refractivity contribution is 5.46. The third-order valence-electron chi connectivity index (χ3n) is 3.84. The molecular formula is C14H24N4. The Morgan fingerprint density at radius 3 is 2.67 bits per heavy atom. The van der Waals surface area contributed by atoms with Crippen molar-refractivity contribution < 1.29 is 0 Å². The van der Waals surface area contributed by atoms with Gasteiger partial charge < -0.3 is 10.6 Å². The fraction of sp³-hybridized carbons (Fsp3) is 0.714. The van der Waals surface area contributed by atoms with E-state index >= 15 is 0 Å². The van der Waals surface area contributed by atoms with Gasteiger partial charge in [0.25, 0.3) is 0 Å². The van der Waals surface area contributed by atoms with Crippen LogP contribution in [0.4, 0.5) is 11.8 Å². The number of rotatable bonds is 7. The maximum atomic E-state index is 4.54. The summed E-state index contributed by atoms with van der Waals surface area (Å²) in [7, 11) is 0. The molecular weight excluding hydrogens is 224 g/mol. The van der Waals surface area contributed by atoms with Crippen LogP contribution in [0.5, 0.6) is 0 Å². The van der Waals surface area contributed by atoms with Crippen molar-refractivity contribution in [2.45, 2.75) is 46.5 Å². The molecule has 2 rings (SSSR count). The molecule has 0 aliphatic heterocycles. The molecule has 4 heteroatoms. The van der Waals surface area contributed by atoms with Crippen molar-refractivity contribution in [1.29, 1.82) is 0 Å². The molecule has 100 valence electrons. The molecule has 0 spiro atoms. The normalized spacial score (nSPS) is 16.4. The molecule has 4 nitrogen and oxygen atoms in total. The lowest BCUT2D eigenvalue weighted by atomic mass is 10.0. The number of hydrogen-bond donors (Lipinski definition) is 2. The zero-order chi connectivity index (χ0) is 13.0. The molecule has 0 saturated heterocycles. The summed E-state index contributed by atoms with van der Waals surface area (Å²) in [6.07, 6.45) is 6.92. The maximum Gasteiger partial charge on any atom is 0.224 e. The first-order valence-electron chi connectivity index (χ1n) is 7.00. The molecule has 0 amide bonds. The lowest BCUT2D eigenvalue weighted by Gasteiger charge is -2.15. The van der Waals surface area contributed by atoms with E-state index in [-0.39, 0.29) is 0 Å². The molecule has 1 aromatic rings. The minimum atomic E-state index is 0.536. The topological polar surface area (TPSA) is 49.8 Å². The van der Waals surface area contributed by atoms with Gasteiger partial charge >= 0.3 is 0 Å². The van der Waals surface area contributed by atoms with Crippen molar-refractivity contribution >= 4 is 11.8 Å². The summed E-state index contributed by atoms with van der Waals surface area (Å²) in [5, 5.41) is 6.72. The van der Waals surface area contributed by atoms with Gasteiger partial charge in [-0.3, -0.25) is 0 Å². The lowest BCUT2D eigenvalue weighted by Crippen LogP contribution is -2.16.